The minimum Gasteiger partial charge on any atom is -0.294 e. The lowest BCUT2D eigenvalue weighted by Gasteiger charge is -2.38. The summed E-state index contributed by atoms with van der Waals surface area (Å²) in [4.78, 5) is 38.4. The summed E-state index contributed by atoms with van der Waals surface area (Å²) in [5, 5.41) is 12.3. The van der Waals surface area contributed by atoms with Gasteiger partial charge in [-0.3, -0.25) is 24.6 Å². The molecule has 0 N–H and O–H groups in total. The molecule has 0 fully saturated rings. The van der Waals surface area contributed by atoms with Gasteiger partial charge in [-0.1, -0.05) is 35.3 Å². The van der Waals surface area contributed by atoms with Crippen LogP contribution < -0.4 is 4.90 Å². The van der Waals surface area contributed by atoms with Crippen LogP contribution in [0.5, 0.6) is 0 Å². The number of rotatable bonds is 3. The summed E-state index contributed by atoms with van der Waals surface area (Å²) < 4.78 is 0. The van der Waals surface area contributed by atoms with E-state index in [0.717, 1.165) is 5.56 Å². The molecular formula is C21H16Cl2N2O4. The average Bonchev–Trinajstić information content (AvgIpc) is 2.68. The van der Waals surface area contributed by atoms with Gasteiger partial charge >= 0.3 is 0 Å². The number of ketones is 1. The molecule has 0 saturated heterocycles. The van der Waals surface area contributed by atoms with E-state index in [1.807, 2.05) is 6.07 Å². The molecule has 8 heteroatoms. The summed E-state index contributed by atoms with van der Waals surface area (Å²) in [6.45, 7) is 0. The van der Waals surface area contributed by atoms with Crippen LogP contribution in [-0.4, -0.2) is 16.6 Å². The van der Waals surface area contributed by atoms with Crippen molar-refractivity contribution in [3.05, 3.63) is 79.5 Å². The molecule has 1 heterocycles. The van der Waals surface area contributed by atoms with Gasteiger partial charge in [0.1, 0.15) is 5.69 Å². The van der Waals surface area contributed by atoms with E-state index in [4.69, 9.17) is 23.2 Å². The number of hydrogen-bond donors (Lipinski definition) is 0. The van der Waals surface area contributed by atoms with Crippen molar-refractivity contribution in [2.24, 2.45) is 0 Å². The Morgan fingerprint density at radius 1 is 1.03 bits per heavy atom. The van der Waals surface area contributed by atoms with E-state index in [1.54, 1.807) is 18.2 Å². The molecule has 2 aromatic carbocycles. The molecule has 0 radical (unpaired) electrons. The third-order valence-corrected chi connectivity index (χ3v) is 5.77. The first-order valence-electron chi connectivity index (χ1n) is 9.15. The molecule has 0 saturated carbocycles. The highest BCUT2D eigenvalue weighted by Crippen LogP contribution is 2.45. The van der Waals surface area contributed by atoms with Crippen LogP contribution in [0.1, 0.15) is 37.2 Å². The second-order valence-electron chi connectivity index (χ2n) is 7.07. The van der Waals surface area contributed by atoms with Gasteiger partial charge in [0.2, 0.25) is 5.91 Å². The second kappa shape index (κ2) is 7.61. The Morgan fingerprint density at radius 3 is 2.52 bits per heavy atom. The van der Waals surface area contributed by atoms with E-state index in [-0.39, 0.29) is 34.5 Å². The van der Waals surface area contributed by atoms with E-state index >= 15 is 0 Å². The Labute approximate surface area is 176 Å². The number of Topliss-reactive ketones (excluding diaryl/α,β-unsaturated/α-hetero) is 1. The fourth-order valence-electron chi connectivity index (χ4n) is 4.11. The number of nitrogens with zero attached hydrogens (tertiary/aromatic N) is 2. The number of nitro groups is 1. The predicted octanol–water partition coefficient (Wildman–Crippen LogP) is 5.43. The Bertz CT molecular complexity index is 1080. The molecule has 29 heavy (non-hydrogen) atoms. The third kappa shape index (κ3) is 3.54. The summed E-state index contributed by atoms with van der Waals surface area (Å²) in [5.41, 5.74) is 1.74. The summed E-state index contributed by atoms with van der Waals surface area (Å²) in [6, 6.07) is 11.3. The molecule has 0 spiro atoms. The normalized spacial score (nSPS) is 19.4. The first-order chi connectivity index (χ1) is 13.9. The van der Waals surface area contributed by atoms with Crippen molar-refractivity contribution >= 4 is 46.3 Å². The summed E-state index contributed by atoms with van der Waals surface area (Å²) >= 11 is 12.1. The Morgan fingerprint density at radius 2 is 1.79 bits per heavy atom. The third-order valence-electron chi connectivity index (χ3n) is 5.30. The first-order valence-corrected chi connectivity index (χ1v) is 9.91. The topological polar surface area (TPSA) is 80.5 Å². The number of carbonyl (C=O) groups excluding carboxylic acids is 2. The predicted molar refractivity (Wildman–Crippen MR) is 110 cm³/mol. The van der Waals surface area contributed by atoms with Gasteiger partial charge in [-0.25, -0.2) is 0 Å². The largest absolute Gasteiger partial charge is 0.294 e. The Kier molecular flexibility index (Phi) is 5.15. The van der Waals surface area contributed by atoms with E-state index < -0.39 is 10.8 Å². The van der Waals surface area contributed by atoms with Gasteiger partial charge in [0, 0.05) is 46.1 Å². The zero-order valence-electron chi connectivity index (χ0n) is 15.2. The minimum atomic E-state index is -0.567. The molecule has 1 unspecified atom stereocenters. The van der Waals surface area contributed by atoms with E-state index in [0.29, 0.717) is 35.6 Å². The van der Waals surface area contributed by atoms with Gasteiger partial charge in [0.15, 0.2) is 5.78 Å². The Hall–Kier alpha value is -2.70. The number of halogens is 2. The van der Waals surface area contributed by atoms with Crippen molar-refractivity contribution in [2.45, 2.75) is 31.6 Å². The highest BCUT2D eigenvalue weighted by molar-refractivity contribution is 6.31. The summed E-state index contributed by atoms with van der Waals surface area (Å²) in [7, 11) is 0. The van der Waals surface area contributed by atoms with Crippen LogP contribution in [0, 0.1) is 10.1 Å². The van der Waals surface area contributed by atoms with E-state index in [9.17, 15) is 19.7 Å². The second-order valence-corrected chi connectivity index (χ2v) is 7.94. The van der Waals surface area contributed by atoms with E-state index in [2.05, 4.69) is 0 Å². The summed E-state index contributed by atoms with van der Waals surface area (Å²) in [5.74, 6) is -0.745. The quantitative estimate of drug-likeness (QED) is 0.480. The molecule has 2 aromatic rings. The SMILES string of the molecule is O=C1CCCC2=C1C(c1cccc(Cl)c1)CC(=O)N2c1ccc(Cl)cc1[N+](=O)[O-]. The van der Waals surface area contributed by atoms with Crippen LogP contribution >= 0.6 is 23.2 Å². The van der Waals surface area contributed by atoms with Crippen molar-refractivity contribution in [1.82, 2.24) is 0 Å². The standard InChI is InChI=1S/C21H16Cl2N2O4/c22-13-4-1-3-12(9-13)15-11-20(27)24(17-5-2-6-19(26)21(15)17)16-8-7-14(23)10-18(16)25(28)29/h1,3-4,7-10,15H,2,5-6,11H2. The van der Waals surface area contributed by atoms with E-state index in [1.165, 1.54) is 23.1 Å². The maximum atomic E-state index is 13.2. The van der Waals surface area contributed by atoms with Gasteiger partial charge in [0.05, 0.1) is 4.92 Å². The highest BCUT2D eigenvalue weighted by atomic mass is 35.5. The van der Waals surface area contributed by atoms with Crippen LogP contribution in [0.25, 0.3) is 0 Å². The number of amides is 1. The van der Waals surface area contributed by atoms with Crippen molar-refractivity contribution in [3.8, 4) is 0 Å². The monoisotopic (exact) mass is 430 g/mol. The fraction of sp³-hybridized carbons (Fsp3) is 0.238. The zero-order valence-corrected chi connectivity index (χ0v) is 16.7. The van der Waals surface area contributed by atoms with Crippen LogP contribution in [0.15, 0.2) is 53.7 Å². The number of hydrogen-bond acceptors (Lipinski definition) is 4. The number of allylic oxidation sites excluding steroid dienone is 2. The molecule has 1 aliphatic heterocycles. The van der Waals surface area contributed by atoms with Gasteiger partial charge in [-0.05, 0) is 42.7 Å². The fourth-order valence-corrected chi connectivity index (χ4v) is 4.48. The lowest BCUT2D eigenvalue weighted by atomic mass is 9.77. The summed E-state index contributed by atoms with van der Waals surface area (Å²) in [6.07, 6.45) is 1.50. The number of benzene rings is 2. The lowest BCUT2D eigenvalue weighted by molar-refractivity contribution is -0.384. The zero-order chi connectivity index (χ0) is 20.7. The number of nitro benzene ring substituents is 1. The first kappa shape index (κ1) is 19.6. The van der Waals surface area contributed by atoms with Gasteiger partial charge in [0.25, 0.3) is 5.69 Å². The maximum absolute atomic E-state index is 13.2. The van der Waals surface area contributed by atoms with Crippen molar-refractivity contribution in [2.75, 3.05) is 4.90 Å². The molecule has 2 aliphatic rings. The minimum absolute atomic E-state index is 0.0324. The molecule has 0 bridgehead atoms. The molecular weight excluding hydrogens is 415 g/mol. The molecule has 6 nitrogen and oxygen atoms in total. The molecule has 1 amide bonds. The molecule has 148 valence electrons. The number of anilines is 1. The van der Waals surface area contributed by atoms with Crippen molar-refractivity contribution in [1.29, 1.82) is 0 Å². The van der Waals surface area contributed by atoms with Gasteiger partial charge < -0.3 is 0 Å². The smallest absolute Gasteiger partial charge is 0.294 e. The van der Waals surface area contributed by atoms with Gasteiger partial charge in [-0.2, -0.15) is 0 Å². The maximum Gasteiger partial charge on any atom is 0.294 e. The van der Waals surface area contributed by atoms with Crippen LogP contribution in [0.4, 0.5) is 11.4 Å². The highest BCUT2D eigenvalue weighted by Gasteiger charge is 2.41. The van der Waals surface area contributed by atoms with Crippen LogP contribution in [0.2, 0.25) is 10.0 Å². The van der Waals surface area contributed by atoms with Crippen molar-refractivity contribution < 1.29 is 14.5 Å². The molecule has 1 aliphatic carbocycles. The van der Waals surface area contributed by atoms with Crippen LogP contribution in [0.3, 0.4) is 0 Å². The van der Waals surface area contributed by atoms with Crippen LogP contribution in [-0.2, 0) is 9.59 Å². The van der Waals surface area contributed by atoms with Crippen molar-refractivity contribution in [3.63, 3.8) is 0 Å². The molecule has 4 rings (SSSR count). The molecule has 1 atom stereocenters. The lowest BCUT2D eigenvalue weighted by Crippen LogP contribution is -2.40. The van der Waals surface area contributed by atoms with Gasteiger partial charge in [-0.15, -0.1) is 0 Å². The Balaban J connectivity index is 1.91. The average molecular weight is 431 g/mol. The number of carbonyl (C=O) groups is 2. The molecule has 0 aromatic heterocycles.